The lowest BCUT2D eigenvalue weighted by atomic mass is 9.88. The molecular formula is C26H32N4O3S3. The van der Waals surface area contributed by atoms with Crippen molar-refractivity contribution < 1.29 is 14.3 Å². The molecule has 2 aliphatic carbocycles. The molecule has 3 aromatic rings. The van der Waals surface area contributed by atoms with Gasteiger partial charge in [0.1, 0.15) is 5.00 Å². The highest BCUT2D eigenvalue weighted by molar-refractivity contribution is 7.99. The summed E-state index contributed by atoms with van der Waals surface area (Å²) in [5.74, 6) is 1.85. The van der Waals surface area contributed by atoms with Gasteiger partial charge in [-0.15, -0.1) is 32.9 Å². The Kier molecular flexibility index (Phi) is 7.55. The van der Waals surface area contributed by atoms with Gasteiger partial charge in [0.15, 0.2) is 11.0 Å². The number of amides is 1. The van der Waals surface area contributed by atoms with Gasteiger partial charge < -0.3 is 14.6 Å². The van der Waals surface area contributed by atoms with Crippen LogP contribution in [-0.4, -0.2) is 39.5 Å². The smallest absolute Gasteiger partial charge is 0.341 e. The van der Waals surface area contributed by atoms with E-state index in [1.807, 2.05) is 11.3 Å². The summed E-state index contributed by atoms with van der Waals surface area (Å²) in [6, 6.07) is 0. The number of carbonyl (C=O) groups is 2. The van der Waals surface area contributed by atoms with Gasteiger partial charge in [0, 0.05) is 27.2 Å². The third kappa shape index (κ3) is 4.87. The first kappa shape index (κ1) is 25.5. The highest BCUT2D eigenvalue weighted by Gasteiger charge is 2.29. The number of nitrogens with zero attached hydrogens (tertiary/aromatic N) is 3. The predicted octanol–water partition coefficient (Wildman–Crippen LogP) is 5.86. The van der Waals surface area contributed by atoms with Crippen LogP contribution in [0.3, 0.4) is 0 Å². The molecule has 10 heteroatoms. The molecular weight excluding hydrogens is 513 g/mol. The first-order valence-corrected chi connectivity index (χ1v) is 15.3. The lowest BCUT2D eigenvalue weighted by Crippen LogP contribution is -2.17. The maximum atomic E-state index is 13.0. The van der Waals surface area contributed by atoms with Gasteiger partial charge in [0.25, 0.3) is 0 Å². The van der Waals surface area contributed by atoms with Crippen LogP contribution < -0.4 is 5.32 Å². The van der Waals surface area contributed by atoms with Crippen molar-refractivity contribution >= 4 is 51.3 Å². The summed E-state index contributed by atoms with van der Waals surface area (Å²) >= 11 is 4.71. The zero-order valence-electron chi connectivity index (χ0n) is 21.2. The summed E-state index contributed by atoms with van der Waals surface area (Å²) in [6.45, 7) is 7.35. The van der Waals surface area contributed by atoms with E-state index in [4.69, 9.17) is 4.74 Å². The lowest BCUT2D eigenvalue weighted by molar-refractivity contribution is -0.113. The largest absolute Gasteiger partial charge is 0.465 e. The van der Waals surface area contributed by atoms with Gasteiger partial charge >= 0.3 is 5.97 Å². The number of thiophene rings is 2. The molecule has 0 bridgehead atoms. The molecule has 0 saturated carbocycles. The number of carbonyl (C=O) groups excluding carboxylic acids is 2. The molecule has 0 aromatic carbocycles. The van der Waals surface area contributed by atoms with Crippen molar-refractivity contribution in [2.75, 3.05) is 18.2 Å². The second-order valence-electron chi connectivity index (χ2n) is 9.83. The number of hydrogen-bond donors (Lipinski definition) is 1. The fourth-order valence-corrected chi connectivity index (χ4v) is 8.65. The van der Waals surface area contributed by atoms with E-state index < -0.39 is 0 Å². The zero-order valence-corrected chi connectivity index (χ0v) is 23.6. The first-order valence-electron chi connectivity index (χ1n) is 12.6. The third-order valence-electron chi connectivity index (χ3n) is 7.16. The number of ether oxygens (including phenoxy) is 1. The molecule has 2 aliphatic rings. The summed E-state index contributed by atoms with van der Waals surface area (Å²) in [6.07, 6.45) is 6.25. The van der Waals surface area contributed by atoms with Crippen LogP contribution in [-0.2, 0) is 41.8 Å². The van der Waals surface area contributed by atoms with Gasteiger partial charge in [0.05, 0.1) is 18.4 Å². The maximum absolute atomic E-state index is 13.0. The number of rotatable bonds is 7. The summed E-state index contributed by atoms with van der Waals surface area (Å²) < 4.78 is 7.14. The number of thioether (sulfide) groups is 1. The minimum Gasteiger partial charge on any atom is -0.465 e. The van der Waals surface area contributed by atoms with Crippen LogP contribution in [0.15, 0.2) is 10.5 Å². The normalized spacial score (nSPS) is 19.0. The quantitative estimate of drug-likeness (QED) is 0.296. The van der Waals surface area contributed by atoms with E-state index in [9.17, 15) is 9.59 Å². The number of fused-ring (bicyclic) bond motifs is 2. The van der Waals surface area contributed by atoms with Crippen molar-refractivity contribution in [2.24, 2.45) is 11.8 Å². The topological polar surface area (TPSA) is 86.1 Å². The predicted molar refractivity (Wildman–Crippen MR) is 146 cm³/mol. The second-order valence-corrected chi connectivity index (χ2v) is 12.8. The molecule has 1 N–H and O–H groups in total. The number of esters is 1. The van der Waals surface area contributed by atoms with Crippen molar-refractivity contribution in [1.29, 1.82) is 0 Å². The van der Waals surface area contributed by atoms with Crippen molar-refractivity contribution in [3.05, 3.63) is 31.8 Å². The maximum Gasteiger partial charge on any atom is 0.341 e. The average molecular weight is 545 g/mol. The Bertz CT molecular complexity index is 1290. The van der Waals surface area contributed by atoms with Crippen LogP contribution in [0.25, 0.3) is 11.4 Å². The van der Waals surface area contributed by atoms with Gasteiger partial charge in [0.2, 0.25) is 5.91 Å². The Labute approximate surface area is 224 Å². The lowest BCUT2D eigenvalue weighted by Gasteiger charge is -2.19. The van der Waals surface area contributed by atoms with Gasteiger partial charge in [-0.2, -0.15) is 0 Å². The summed E-state index contributed by atoms with van der Waals surface area (Å²) in [5.41, 5.74) is 4.17. The molecule has 2 unspecified atom stereocenters. The fraction of sp³-hybridized carbons (Fsp3) is 0.538. The summed E-state index contributed by atoms with van der Waals surface area (Å²) in [5, 5.41) is 15.5. The van der Waals surface area contributed by atoms with E-state index in [0.29, 0.717) is 16.5 Å². The standard InChI is InChI=1S/C26H32N4O3S3/c1-5-30-23(18-12-34-19-10-14(2)6-8-16(18)19)28-29-26(30)35-13-21(31)27-24-22(25(32)33-4)17-9-7-15(3)11-20(17)36-24/h12,14-15H,5-11,13H2,1-4H3,(H,27,31). The Morgan fingerprint density at radius 1 is 1.14 bits per heavy atom. The highest BCUT2D eigenvalue weighted by atomic mass is 32.2. The molecule has 7 nitrogen and oxygen atoms in total. The Morgan fingerprint density at radius 3 is 2.58 bits per heavy atom. The van der Waals surface area contributed by atoms with E-state index in [-0.39, 0.29) is 17.6 Å². The molecule has 0 saturated heterocycles. The van der Waals surface area contributed by atoms with Crippen LogP contribution in [0.4, 0.5) is 5.00 Å². The van der Waals surface area contributed by atoms with E-state index >= 15 is 0 Å². The van der Waals surface area contributed by atoms with Crippen LogP contribution in [0, 0.1) is 11.8 Å². The Hall–Kier alpha value is -2.17. The van der Waals surface area contributed by atoms with Crippen LogP contribution in [0.1, 0.15) is 64.9 Å². The molecule has 0 radical (unpaired) electrons. The Morgan fingerprint density at radius 2 is 1.86 bits per heavy atom. The van der Waals surface area contributed by atoms with Gasteiger partial charge in [-0.3, -0.25) is 4.79 Å². The summed E-state index contributed by atoms with van der Waals surface area (Å²) in [7, 11) is 1.39. The number of hydrogen-bond acceptors (Lipinski definition) is 8. The minimum absolute atomic E-state index is 0.161. The molecule has 1 amide bonds. The van der Waals surface area contributed by atoms with Crippen LogP contribution in [0.5, 0.6) is 0 Å². The number of nitrogens with one attached hydrogen (secondary N) is 1. The van der Waals surface area contributed by atoms with Gasteiger partial charge in [-0.25, -0.2) is 4.79 Å². The van der Waals surface area contributed by atoms with E-state index in [0.717, 1.165) is 61.1 Å². The van der Waals surface area contributed by atoms with Crippen molar-refractivity contribution in [2.45, 2.75) is 71.0 Å². The average Bonchev–Trinajstić information content (AvgIpc) is 3.55. The number of aromatic nitrogens is 3. The molecule has 5 rings (SSSR count). The molecule has 0 spiro atoms. The first-order chi connectivity index (χ1) is 17.4. The fourth-order valence-electron chi connectivity index (χ4n) is 5.19. The second kappa shape index (κ2) is 10.7. The van der Waals surface area contributed by atoms with E-state index in [1.54, 1.807) is 0 Å². The highest BCUT2D eigenvalue weighted by Crippen LogP contribution is 2.41. The number of methoxy groups -OCH3 is 1. The molecule has 2 atom stereocenters. The number of anilines is 1. The summed E-state index contributed by atoms with van der Waals surface area (Å²) in [4.78, 5) is 28.1. The monoisotopic (exact) mass is 544 g/mol. The third-order valence-corrected chi connectivity index (χ3v) is 10.3. The van der Waals surface area contributed by atoms with Crippen molar-refractivity contribution in [3.8, 4) is 11.4 Å². The molecule has 0 fully saturated rings. The SMILES string of the molecule is CCn1c(SCC(=O)Nc2sc3c(c2C(=O)OC)CCC(C)C3)nnc1-c1csc2c1CCC(C)C2. The van der Waals surface area contributed by atoms with Crippen molar-refractivity contribution in [3.63, 3.8) is 0 Å². The molecule has 36 heavy (non-hydrogen) atoms. The molecule has 0 aliphatic heterocycles. The Balaban J connectivity index is 1.31. The molecule has 3 aromatic heterocycles. The molecule has 3 heterocycles. The van der Waals surface area contributed by atoms with Crippen molar-refractivity contribution in [1.82, 2.24) is 14.8 Å². The van der Waals surface area contributed by atoms with E-state index in [2.05, 4.69) is 46.2 Å². The van der Waals surface area contributed by atoms with Crippen LogP contribution >= 0.6 is 34.4 Å². The zero-order chi connectivity index (χ0) is 25.4. The molecule has 192 valence electrons. The van der Waals surface area contributed by atoms with Gasteiger partial charge in [-0.1, -0.05) is 25.6 Å². The van der Waals surface area contributed by atoms with Crippen LogP contribution in [0.2, 0.25) is 0 Å². The minimum atomic E-state index is -0.381. The van der Waals surface area contributed by atoms with E-state index in [1.165, 1.54) is 57.5 Å². The van der Waals surface area contributed by atoms with Gasteiger partial charge in [-0.05, 0) is 68.4 Å².